The van der Waals surface area contributed by atoms with E-state index in [0.29, 0.717) is 10.8 Å². The van der Waals surface area contributed by atoms with E-state index in [1.54, 1.807) is 12.1 Å². The molecule has 0 fully saturated rings. The number of hydrogen-bond donors (Lipinski definition) is 2. The van der Waals surface area contributed by atoms with Gasteiger partial charge in [0.15, 0.2) is 0 Å². The molecule has 2 rings (SSSR count). The molecule has 0 aliphatic heterocycles. The van der Waals surface area contributed by atoms with Crippen molar-refractivity contribution in [2.45, 2.75) is 26.8 Å². The maximum atomic E-state index is 12.1. The number of aromatic nitrogens is 1. The average molecular weight is 304 g/mol. The molecular weight excluding hydrogens is 286 g/mol. The summed E-state index contributed by atoms with van der Waals surface area (Å²) in [6.07, 6.45) is 1.50. The van der Waals surface area contributed by atoms with Crippen LogP contribution in [0.25, 0.3) is 0 Å². The minimum atomic E-state index is -0.371. The molecule has 1 unspecified atom stereocenters. The van der Waals surface area contributed by atoms with Crippen LogP contribution in [0.2, 0.25) is 5.02 Å². The molecule has 0 bridgehead atoms. The van der Waals surface area contributed by atoms with E-state index < -0.39 is 0 Å². The molecule has 0 aliphatic rings. The molecule has 0 saturated heterocycles. The first-order valence-electron chi connectivity index (χ1n) is 6.72. The number of carbonyl (C=O) groups is 1. The zero-order valence-electron chi connectivity index (χ0n) is 12.3. The van der Waals surface area contributed by atoms with Crippen LogP contribution in [0.1, 0.15) is 18.1 Å². The van der Waals surface area contributed by atoms with Gasteiger partial charge >= 0.3 is 0 Å². The molecule has 0 aliphatic carbocycles. The number of halogens is 1. The number of aryl methyl sites for hydroxylation is 2. The SMILES string of the molecule is Cc1ccc(NC(C)C(=O)Nc2ccc(Cl)cn2)c(C)c1. The molecule has 0 saturated carbocycles. The molecule has 2 N–H and O–H groups in total. The van der Waals surface area contributed by atoms with Crippen molar-refractivity contribution in [2.24, 2.45) is 0 Å². The van der Waals surface area contributed by atoms with Gasteiger partial charge < -0.3 is 10.6 Å². The Balaban J connectivity index is 2.00. The van der Waals surface area contributed by atoms with Crippen LogP contribution < -0.4 is 10.6 Å². The first-order chi connectivity index (χ1) is 9.95. The highest BCUT2D eigenvalue weighted by molar-refractivity contribution is 6.30. The Morgan fingerprint density at radius 2 is 2.00 bits per heavy atom. The van der Waals surface area contributed by atoms with E-state index in [1.165, 1.54) is 11.8 Å². The molecule has 110 valence electrons. The third-order valence-corrected chi connectivity index (χ3v) is 3.35. The Labute approximate surface area is 129 Å². The predicted molar refractivity (Wildman–Crippen MR) is 86.9 cm³/mol. The van der Waals surface area contributed by atoms with Crippen molar-refractivity contribution in [3.63, 3.8) is 0 Å². The molecule has 0 radical (unpaired) electrons. The fourth-order valence-corrected chi connectivity index (χ4v) is 2.07. The zero-order valence-corrected chi connectivity index (χ0v) is 13.0. The van der Waals surface area contributed by atoms with Crippen LogP contribution in [0.4, 0.5) is 11.5 Å². The first kappa shape index (κ1) is 15.3. The third-order valence-electron chi connectivity index (χ3n) is 3.13. The number of anilines is 2. The number of hydrogen-bond acceptors (Lipinski definition) is 3. The largest absolute Gasteiger partial charge is 0.374 e. The summed E-state index contributed by atoms with van der Waals surface area (Å²) in [6.45, 7) is 5.87. The van der Waals surface area contributed by atoms with Gasteiger partial charge in [-0.1, -0.05) is 29.3 Å². The highest BCUT2D eigenvalue weighted by atomic mass is 35.5. The van der Waals surface area contributed by atoms with E-state index in [4.69, 9.17) is 11.6 Å². The van der Waals surface area contributed by atoms with Gasteiger partial charge in [0.25, 0.3) is 0 Å². The van der Waals surface area contributed by atoms with E-state index in [1.807, 2.05) is 32.9 Å². The quantitative estimate of drug-likeness (QED) is 0.903. The maximum absolute atomic E-state index is 12.1. The summed E-state index contributed by atoms with van der Waals surface area (Å²) in [5, 5.41) is 6.49. The van der Waals surface area contributed by atoms with Gasteiger partial charge in [-0.3, -0.25) is 4.79 Å². The van der Waals surface area contributed by atoms with Crippen molar-refractivity contribution >= 4 is 29.0 Å². The highest BCUT2D eigenvalue weighted by Crippen LogP contribution is 2.17. The number of amides is 1. The fourth-order valence-electron chi connectivity index (χ4n) is 1.96. The van der Waals surface area contributed by atoms with Crippen LogP contribution in [-0.4, -0.2) is 16.9 Å². The van der Waals surface area contributed by atoms with Crippen molar-refractivity contribution in [1.82, 2.24) is 4.98 Å². The van der Waals surface area contributed by atoms with E-state index in [-0.39, 0.29) is 11.9 Å². The number of nitrogens with zero attached hydrogens (tertiary/aromatic N) is 1. The summed E-state index contributed by atoms with van der Waals surface area (Å²) in [6, 6.07) is 9.06. The van der Waals surface area contributed by atoms with Crippen LogP contribution in [0.3, 0.4) is 0 Å². The smallest absolute Gasteiger partial charge is 0.247 e. The first-order valence-corrected chi connectivity index (χ1v) is 7.09. The van der Waals surface area contributed by atoms with Crippen LogP contribution in [0.15, 0.2) is 36.5 Å². The topological polar surface area (TPSA) is 54.0 Å². The predicted octanol–water partition coefficient (Wildman–Crippen LogP) is 3.79. The molecule has 1 aromatic heterocycles. The molecule has 1 atom stereocenters. The minimum absolute atomic E-state index is 0.148. The van der Waals surface area contributed by atoms with E-state index in [9.17, 15) is 4.79 Å². The summed E-state index contributed by atoms with van der Waals surface area (Å²) in [5.74, 6) is 0.337. The number of pyridine rings is 1. The van der Waals surface area contributed by atoms with Crippen LogP contribution >= 0.6 is 11.6 Å². The number of benzene rings is 1. The second-order valence-corrected chi connectivity index (χ2v) is 5.47. The van der Waals surface area contributed by atoms with E-state index >= 15 is 0 Å². The molecule has 1 aromatic carbocycles. The van der Waals surface area contributed by atoms with Crippen molar-refractivity contribution in [3.8, 4) is 0 Å². The summed E-state index contributed by atoms with van der Waals surface area (Å²) < 4.78 is 0. The molecule has 0 spiro atoms. The molecule has 4 nitrogen and oxygen atoms in total. The third kappa shape index (κ3) is 4.20. The Bertz CT molecular complexity index is 640. The molecule has 2 aromatic rings. The molecule has 1 heterocycles. The van der Waals surface area contributed by atoms with Crippen LogP contribution in [-0.2, 0) is 4.79 Å². The summed E-state index contributed by atoms with van der Waals surface area (Å²) in [5.41, 5.74) is 3.26. The average Bonchev–Trinajstić information content (AvgIpc) is 2.44. The lowest BCUT2D eigenvalue weighted by molar-refractivity contribution is -0.116. The monoisotopic (exact) mass is 303 g/mol. The summed E-state index contributed by atoms with van der Waals surface area (Å²) in [4.78, 5) is 16.2. The lowest BCUT2D eigenvalue weighted by atomic mass is 10.1. The fraction of sp³-hybridized carbons (Fsp3) is 0.250. The Kier molecular flexibility index (Phi) is 4.81. The lowest BCUT2D eigenvalue weighted by Crippen LogP contribution is -2.32. The van der Waals surface area contributed by atoms with Crippen LogP contribution in [0, 0.1) is 13.8 Å². The Morgan fingerprint density at radius 3 is 2.62 bits per heavy atom. The molecular formula is C16H18ClN3O. The Hall–Kier alpha value is -2.07. The van der Waals surface area contributed by atoms with E-state index in [0.717, 1.165) is 11.3 Å². The maximum Gasteiger partial charge on any atom is 0.247 e. The van der Waals surface area contributed by atoms with Gasteiger partial charge in [0.1, 0.15) is 11.9 Å². The standard InChI is InChI=1S/C16H18ClN3O/c1-10-4-6-14(11(2)8-10)19-12(3)16(21)20-15-7-5-13(17)9-18-15/h4-9,12,19H,1-3H3,(H,18,20,21). The van der Waals surface area contributed by atoms with Crippen molar-refractivity contribution in [3.05, 3.63) is 52.7 Å². The second-order valence-electron chi connectivity index (χ2n) is 5.04. The lowest BCUT2D eigenvalue weighted by Gasteiger charge is -2.17. The highest BCUT2D eigenvalue weighted by Gasteiger charge is 2.14. The Morgan fingerprint density at radius 1 is 1.24 bits per heavy atom. The number of carbonyl (C=O) groups excluding carboxylic acids is 1. The van der Waals surface area contributed by atoms with Crippen LogP contribution in [0.5, 0.6) is 0 Å². The van der Waals surface area contributed by atoms with E-state index in [2.05, 4.69) is 21.7 Å². The van der Waals surface area contributed by atoms with Gasteiger partial charge in [-0.25, -0.2) is 4.98 Å². The van der Waals surface area contributed by atoms with Gasteiger partial charge in [0.2, 0.25) is 5.91 Å². The number of nitrogens with one attached hydrogen (secondary N) is 2. The summed E-state index contributed by atoms with van der Waals surface area (Å²) in [7, 11) is 0. The van der Waals surface area contributed by atoms with Gasteiger partial charge in [-0.15, -0.1) is 0 Å². The second kappa shape index (κ2) is 6.59. The number of rotatable bonds is 4. The van der Waals surface area contributed by atoms with Gasteiger partial charge in [-0.05, 0) is 44.5 Å². The van der Waals surface area contributed by atoms with Crippen molar-refractivity contribution in [2.75, 3.05) is 10.6 Å². The van der Waals surface area contributed by atoms with Crippen molar-refractivity contribution in [1.29, 1.82) is 0 Å². The minimum Gasteiger partial charge on any atom is -0.374 e. The van der Waals surface area contributed by atoms with Gasteiger partial charge in [0.05, 0.1) is 5.02 Å². The zero-order chi connectivity index (χ0) is 15.4. The van der Waals surface area contributed by atoms with Gasteiger partial charge in [0, 0.05) is 11.9 Å². The van der Waals surface area contributed by atoms with Gasteiger partial charge in [-0.2, -0.15) is 0 Å². The van der Waals surface area contributed by atoms with Crippen molar-refractivity contribution < 1.29 is 4.79 Å². The molecule has 5 heteroatoms. The molecule has 1 amide bonds. The molecule has 21 heavy (non-hydrogen) atoms. The normalized spacial score (nSPS) is 11.8. The summed E-state index contributed by atoms with van der Waals surface area (Å²) >= 11 is 5.76.